The van der Waals surface area contributed by atoms with E-state index in [-0.39, 0.29) is 43.3 Å². The number of nitrogens with one attached hydrogen (secondary N) is 1. The van der Waals surface area contributed by atoms with Gasteiger partial charge in [-0.2, -0.15) is 4.98 Å². The molecular formula is C46H57N8O8P. The van der Waals surface area contributed by atoms with Crippen molar-refractivity contribution in [2.75, 3.05) is 60.3 Å². The molecule has 7 rings (SSSR count). The fourth-order valence-corrected chi connectivity index (χ4v) is 9.86. The van der Waals surface area contributed by atoms with Gasteiger partial charge < -0.3 is 42.5 Å². The van der Waals surface area contributed by atoms with Gasteiger partial charge in [-0.25, -0.2) is 21.2 Å². The Labute approximate surface area is 369 Å². The Bertz CT molecular complexity index is 2320. The van der Waals surface area contributed by atoms with E-state index in [2.05, 4.69) is 64.2 Å². The molecule has 0 amide bonds. The van der Waals surface area contributed by atoms with Crippen molar-refractivity contribution >= 4 is 31.5 Å². The molecule has 0 aliphatic carbocycles. The smallest absolute Gasteiger partial charge is 0.280 e. The zero-order valence-corrected chi connectivity index (χ0v) is 37.9. The standard InChI is InChI=1S/C46H57N8O8P/c1-31(2)54(32(3)4)63(60-25-22-47-6)62-39-28-41(53-30-48-42-43(53)50-45(51-44(42)55)49-33(5)52-23-26-58-27-24-52)61-40(39)29-59-46(34-12-10-9-11-13-34,35-14-18-37(56-7)19-15-35)36-16-20-38(57-8)21-17-36/h9-21,30-32,39-41H,22-29H2,1-5,7-8H3,(H,50,51,55)/t39?,40-,41-,63?/m1/s1. The van der Waals surface area contributed by atoms with Gasteiger partial charge in [-0.15, -0.1) is 0 Å². The van der Waals surface area contributed by atoms with Crippen LogP contribution in [-0.2, 0) is 28.9 Å². The first-order valence-corrected chi connectivity index (χ1v) is 22.4. The van der Waals surface area contributed by atoms with E-state index in [1.807, 2.05) is 73.7 Å². The van der Waals surface area contributed by atoms with E-state index in [0.717, 1.165) is 22.5 Å². The monoisotopic (exact) mass is 880 g/mol. The van der Waals surface area contributed by atoms with Gasteiger partial charge in [0, 0.05) is 31.6 Å². The summed E-state index contributed by atoms with van der Waals surface area (Å²) in [6.45, 7) is 20.8. The second-order valence-corrected chi connectivity index (χ2v) is 17.2. The van der Waals surface area contributed by atoms with Crippen LogP contribution in [0.2, 0.25) is 0 Å². The minimum Gasteiger partial charge on any atom is -0.497 e. The van der Waals surface area contributed by atoms with Gasteiger partial charge in [-0.1, -0.05) is 54.6 Å². The van der Waals surface area contributed by atoms with E-state index in [9.17, 15) is 4.79 Å². The van der Waals surface area contributed by atoms with E-state index >= 15 is 0 Å². The molecule has 4 heterocycles. The number of aromatic amines is 1. The van der Waals surface area contributed by atoms with E-state index in [1.54, 1.807) is 25.1 Å². The predicted molar refractivity (Wildman–Crippen MR) is 241 cm³/mol. The van der Waals surface area contributed by atoms with Gasteiger partial charge in [0.25, 0.3) is 14.1 Å². The number of H-pyrrole nitrogens is 1. The number of nitrogens with zero attached hydrogens (tertiary/aromatic N) is 7. The van der Waals surface area contributed by atoms with Gasteiger partial charge in [0.1, 0.15) is 41.9 Å². The first kappa shape index (κ1) is 45.8. The number of benzene rings is 3. The number of hydrogen-bond donors (Lipinski definition) is 1. The normalized spacial score (nSPS) is 19.0. The lowest BCUT2D eigenvalue weighted by atomic mass is 9.80. The molecular weight excluding hydrogens is 824 g/mol. The summed E-state index contributed by atoms with van der Waals surface area (Å²) in [5.41, 5.74) is 1.58. The summed E-state index contributed by atoms with van der Waals surface area (Å²) >= 11 is 0. The van der Waals surface area contributed by atoms with E-state index in [1.165, 1.54) is 0 Å². The highest BCUT2D eigenvalue weighted by Crippen LogP contribution is 2.51. The Morgan fingerprint density at radius 2 is 1.59 bits per heavy atom. The second kappa shape index (κ2) is 21.0. The molecule has 0 saturated carbocycles. The summed E-state index contributed by atoms with van der Waals surface area (Å²) in [7, 11) is 1.61. The van der Waals surface area contributed by atoms with Crippen molar-refractivity contribution < 1.29 is 32.7 Å². The zero-order valence-electron chi connectivity index (χ0n) is 37.0. The van der Waals surface area contributed by atoms with Crippen LogP contribution in [0.3, 0.4) is 0 Å². The summed E-state index contributed by atoms with van der Waals surface area (Å²) in [4.78, 5) is 35.9. The maximum atomic E-state index is 13.5. The lowest BCUT2D eigenvalue weighted by molar-refractivity contribution is -0.0911. The molecule has 2 aliphatic heterocycles. The van der Waals surface area contributed by atoms with Gasteiger partial charge >= 0.3 is 0 Å². The molecule has 0 bridgehead atoms. The van der Waals surface area contributed by atoms with Gasteiger partial charge in [-0.3, -0.25) is 14.3 Å². The maximum Gasteiger partial charge on any atom is 0.280 e. The van der Waals surface area contributed by atoms with Crippen LogP contribution in [0.1, 0.15) is 64.0 Å². The van der Waals surface area contributed by atoms with Crippen LogP contribution in [0, 0.1) is 6.57 Å². The Hall–Kier alpha value is -5.24. The molecule has 1 N–H and O–H groups in total. The predicted octanol–water partition coefficient (Wildman–Crippen LogP) is 7.48. The summed E-state index contributed by atoms with van der Waals surface area (Å²) in [6.07, 6.45) is 0.0187. The van der Waals surface area contributed by atoms with Crippen LogP contribution >= 0.6 is 8.53 Å². The van der Waals surface area contributed by atoms with Gasteiger partial charge in [0.05, 0.1) is 46.5 Å². The average molecular weight is 881 g/mol. The molecule has 2 saturated heterocycles. The molecule has 2 aliphatic rings. The highest BCUT2D eigenvalue weighted by Gasteiger charge is 2.45. The lowest BCUT2D eigenvalue weighted by Gasteiger charge is -2.39. The molecule has 2 aromatic heterocycles. The fraction of sp³-hybridized carbons (Fsp3) is 0.457. The van der Waals surface area contributed by atoms with Crippen molar-refractivity contribution in [3.8, 4) is 11.5 Å². The van der Waals surface area contributed by atoms with Crippen LogP contribution in [0.15, 0.2) is 95.0 Å². The first-order chi connectivity index (χ1) is 30.6. The molecule has 0 spiro atoms. The summed E-state index contributed by atoms with van der Waals surface area (Å²) in [5.74, 6) is 2.30. The van der Waals surface area contributed by atoms with Crippen LogP contribution in [0.4, 0.5) is 5.95 Å². The quantitative estimate of drug-likeness (QED) is 0.0232. The van der Waals surface area contributed by atoms with E-state index < -0.39 is 38.1 Å². The largest absolute Gasteiger partial charge is 0.497 e. The van der Waals surface area contributed by atoms with E-state index in [4.69, 9.17) is 49.3 Å². The molecule has 63 heavy (non-hydrogen) atoms. The third kappa shape index (κ3) is 10.3. The van der Waals surface area contributed by atoms with Crippen LogP contribution in [0.25, 0.3) is 16.0 Å². The molecule has 5 aromatic rings. The summed E-state index contributed by atoms with van der Waals surface area (Å²) in [5, 5.41) is 0. The van der Waals surface area contributed by atoms with Crippen molar-refractivity contribution in [3.63, 3.8) is 0 Å². The Morgan fingerprint density at radius 3 is 2.17 bits per heavy atom. The Balaban J connectivity index is 1.30. The average Bonchev–Trinajstić information content (AvgIpc) is 3.91. The van der Waals surface area contributed by atoms with Crippen molar-refractivity contribution in [3.05, 3.63) is 124 Å². The van der Waals surface area contributed by atoms with Gasteiger partial charge in [0.15, 0.2) is 11.2 Å². The third-order valence-electron chi connectivity index (χ3n) is 11.2. The van der Waals surface area contributed by atoms with E-state index in [0.29, 0.717) is 49.9 Å². The molecule has 2 fully saturated rings. The number of morpholine rings is 1. The Kier molecular flexibility index (Phi) is 15.2. The molecule has 334 valence electrons. The van der Waals surface area contributed by atoms with Crippen LogP contribution in [0.5, 0.6) is 11.5 Å². The third-order valence-corrected chi connectivity index (χ3v) is 13.3. The SMILES string of the molecule is [C-]#[N+]CCOP(OC1C[C@H](n2cnc3c(=O)[nH]c(N=C(C)N4CCOCC4)nc32)O[C@@H]1COC(c1ccccc1)(c1ccc(OC)cc1)c1ccc(OC)cc1)N(C(C)C)C(C)C. The summed E-state index contributed by atoms with van der Waals surface area (Å²) in [6, 6.07) is 26.0. The number of hydrogen-bond acceptors (Lipinski definition) is 12. The molecule has 3 aromatic carbocycles. The number of aromatic nitrogens is 4. The zero-order chi connectivity index (χ0) is 44.5. The van der Waals surface area contributed by atoms with Crippen LogP contribution in [-0.4, -0.2) is 119 Å². The Morgan fingerprint density at radius 1 is 0.968 bits per heavy atom. The minimum absolute atomic E-state index is 0.0671. The van der Waals surface area contributed by atoms with Crippen LogP contribution < -0.4 is 15.0 Å². The van der Waals surface area contributed by atoms with Crippen molar-refractivity contribution in [1.82, 2.24) is 29.1 Å². The number of methoxy groups -OCH3 is 2. The lowest BCUT2D eigenvalue weighted by Crippen LogP contribution is -2.39. The highest BCUT2D eigenvalue weighted by atomic mass is 31.2. The number of amidine groups is 1. The fourth-order valence-electron chi connectivity index (χ4n) is 8.11. The molecule has 2 unspecified atom stereocenters. The van der Waals surface area contributed by atoms with Crippen molar-refractivity contribution in [2.24, 2.45) is 4.99 Å². The molecule has 17 heteroatoms. The maximum absolute atomic E-state index is 13.5. The first-order valence-electron chi connectivity index (χ1n) is 21.3. The molecule has 0 radical (unpaired) electrons. The van der Waals surface area contributed by atoms with Crippen molar-refractivity contribution in [2.45, 2.75) is 77.2 Å². The second-order valence-electron chi connectivity index (χ2n) is 15.8. The number of imidazole rings is 1. The number of rotatable bonds is 18. The molecule has 16 nitrogen and oxygen atoms in total. The number of aliphatic imine (C=N–C) groups is 1. The minimum atomic E-state index is -1.67. The topological polar surface area (TPSA) is 151 Å². The highest BCUT2D eigenvalue weighted by molar-refractivity contribution is 7.44. The molecule has 4 atom stereocenters. The van der Waals surface area contributed by atoms with Gasteiger partial charge in [0.2, 0.25) is 12.5 Å². The summed E-state index contributed by atoms with van der Waals surface area (Å²) < 4.78 is 48.5. The number of ether oxygens (including phenoxy) is 5. The van der Waals surface area contributed by atoms with Crippen molar-refractivity contribution in [1.29, 1.82) is 0 Å². The number of fused-ring (bicyclic) bond motifs is 1. The van der Waals surface area contributed by atoms with Gasteiger partial charge in [-0.05, 0) is 75.6 Å².